The summed E-state index contributed by atoms with van der Waals surface area (Å²) in [5, 5.41) is 7.02. The van der Waals surface area contributed by atoms with Gasteiger partial charge in [-0.3, -0.25) is 9.59 Å². The zero-order valence-corrected chi connectivity index (χ0v) is 16.2. The number of benzene rings is 2. The van der Waals surface area contributed by atoms with E-state index in [1.54, 1.807) is 0 Å². The Hall–Kier alpha value is -3.41. The van der Waals surface area contributed by atoms with Crippen molar-refractivity contribution in [2.45, 2.75) is 27.3 Å². The number of carbonyl (C=O) groups excluding carboxylic acids is 1. The second-order valence-electron chi connectivity index (χ2n) is 6.74. The quantitative estimate of drug-likeness (QED) is 0.717. The lowest BCUT2D eigenvalue weighted by Crippen LogP contribution is -2.29. The van der Waals surface area contributed by atoms with E-state index in [0.717, 1.165) is 22.3 Å². The van der Waals surface area contributed by atoms with Crippen LogP contribution in [0.4, 0.5) is 0 Å². The number of carbonyl (C=O) groups is 1. The lowest BCUT2D eigenvalue weighted by molar-refractivity contribution is -0.123. The van der Waals surface area contributed by atoms with Crippen molar-refractivity contribution >= 4 is 5.91 Å². The van der Waals surface area contributed by atoms with Crippen LogP contribution in [0.1, 0.15) is 22.3 Å². The summed E-state index contributed by atoms with van der Waals surface area (Å²) in [5.74, 6) is -0.0456. The molecule has 0 bridgehead atoms. The molecule has 3 aromatic rings. The van der Waals surface area contributed by atoms with Gasteiger partial charge in [0.1, 0.15) is 0 Å². The molecule has 0 unspecified atom stereocenters. The summed E-state index contributed by atoms with van der Waals surface area (Å²) in [6.07, 6.45) is 0. The van der Waals surface area contributed by atoms with Crippen LogP contribution in [-0.2, 0) is 11.3 Å². The third kappa shape index (κ3) is 4.85. The third-order valence-electron chi connectivity index (χ3n) is 4.43. The maximum absolute atomic E-state index is 12.2. The SMILES string of the molecule is Cc1cccc(CNC(=O)COc2ccc(=O)n(-c3ccc(C)c(C)c3)n2)c1. The highest BCUT2D eigenvalue weighted by atomic mass is 16.5. The summed E-state index contributed by atoms with van der Waals surface area (Å²) in [6.45, 7) is 6.24. The van der Waals surface area contributed by atoms with Crippen LogP contribution >= 0.6 is 0 Å². The number of nitrogens with one attached hydrogen (secondary N) is 1. The van der Waals surface area contributed by atoms with Gasteiger partial charge in [-0.2, -0.15) is 4.68 Å². The number of nitrogens with zero attached hydrogens (tertiary/aromatic N) is 2. The number of hydrogen-bond acceptors (Lipinski definition) is 4. The highest BCUT2D eigenvalue weighted by Gasteiger charge is 2.08. The van der Waals surface area contributed by atoms with E-state index in [2.05, 4.69) is 10.4 Å². The number of aromatic nitrogens is 2. The number of hydrogen-bond donors (Lipinski definition) is 1. The highest BCUT2D eigenvalue weighted by Crippen LogP contribution is 2.13. The van der Waals surface area contributed by atoms with Gasteiger partial charge in [-0.05, 0) is 49.6 Å². The molecule has 0 radical (unpaired) electrons. The fourth-order valence-electron chi connectivity index (χ4n) is 2.73. The molecule has 6 heteroatoms. The second-order valence-corrected chi connectivity index (χ2v) is 6.74. The van der Waals surface area contributed by atoms with Gasteiger partial charge in [0.2, 0.25) is 5.88 Å². The molecule has 0 saturated carbocycles. The average Bonchev–Trinajstić information content (AvgIpc) is 2.68. The molecular formula is C22H23N3O3. The average molecular weight is 377 g/mol. The Morgan fingerprint density at radius 3 is 2.61 bits per heavy atom. The van der Waals surface area contributed by atoms with Crippen LogP contribution in [0.15, 0.2) is 59.4 Å². The van der Waals surface area contributed by atoms with Gasteiger partial charge < -0.3 is 10.1 Å². The molecule has 1 aromatic heterocycles. The van der Waals surface area contributed by atoms with Crippen molar-refractivity contribution in [3.8, 4) is 11.6 Å². The van der Waals surface area contributed by atoms with Gasteiger partial charge in [0.15, 0.2) is 6.61 Å². The van der Waals surface area contributed by atoms with Gasteiger partial charge >= 0.3 is 0 Å². The van der Waals surface area contributed by atoms with Crippen LogP contribution in [0.2, 0.25) is 0 Å². The minimum Gasteiger partial charge on any atom is -0.467 e. The molecule has 3 rings (SSSR count). The molecule has 0 fully saturated rings. The molecule has 0 aliphatic heterocycles. The van der Waals surface area contributed by atoms with E-state index in [1.807, 2.05) is 63.2 Å². The van der Waals surface area contributed by atoms with E-state index < -0.39 is 0 Å². The number of amides is 1. The predicted molar refractivity (Wildman–Crippen MR) is 108 cm³/mol. The lowest BCUT2D eigenvalue weighted by atomic mass is 10.1. The van der Waals surface area contributed by atoms with E-state index in [1.165, 1.54) is 16.8 Å². The molecule has 2 aromatic carbocycles. The normalized spacial score (nSPS) is 10.5. The van der Waals surface area contributed by atoms with Crippen molar-refractivity contribution < 1.29 is 9.53 Å². The van der Waals surface area contributed by atoms with Gasteiger partial charge in [0.25, 0.3) is 11.5 Å². The topological polar surface area (TPSA) is 73.2 Å². The standard InChI is InChI=1S/C22H23N3O3/c1-15-5-4-6-18(11-15)13-23-20(26)14-28-21-9-10-22(27)25(24-21)19-8-7-16(2)17(3)12-19/h4-12H,13-14H2,1-3H3,(H,23,26). The third-order valence-corrected chi connectivity index (χ3v) is 4.43. The maximum Gasteiger partial charge on any atom is 0.271 e. The van der Waals surface area contributed by atoms with Crippen LogP contribution in [0.25, 0.3) is 5.69 Å². The first kappa shape index (κ1) is 19.4. The number of ether oxygens (including phenoxy) is 1. The molecule has 1 heterocycles. The van der Waals surface area contributed by atoms with Crippen molar-refractivity contribution in [3.05, 3.63) is 87.2 Å². The Labute approximate surface area is 163 Å². The van der Waals surface area contributed by atoms with E-state index in [9.17, 15) is 9.59 Å². The number of aryl methyl sites for hydroxylation is 3. The smallest absolute Gasteiger partial charge is 0.271 e. The molecule has 1 N–H and O–H groups in total. The minimum absolute atomic E-state index is 0.177. The van der Waals surface area contributed by atoms with Crippen LogP contribution in [0.3, 0.4) is 0 Å². The first-order valence-electron chi connectivity index (χ1n) is 9.05. The zero-order valence-electron chi connectivity index (χ0n) is 16.2. The van der Waals surface area contributed by atoms with E-state index >= 15 is 0 Å². The van der Waals surface area contributed by atoms with Crippen LogP contribution in [-0.4, -0.2) is 22.3 Å². The molecule has 0 spiro atoms. The first-order chi connectivity index (χ1) is 13.4. The summed E-state index contributed by atoms with van der Waals surface area (Å²) in [6, 6.07) is 16.4. The molecule has 0 saturated heterocycles. The Kier molecular flexibility index (Phi) is 5.89. The molecule has 6 nitrogen and oxygen atoms in total. The molecule has 28 heavy (non-hydrogen) atoms. The fourth-order valence-corrected chi connectivity index (χ4v) is 2.73. The minimum atomic E-state index is -0.264. The monoisotopic (exact) mass is 377 g/mol. The summed E-state index contributed by atoms with van der Waals surface area (Å²) in [4.78, 5) is 24.2. The Bertz CT molecular complexity index is 1060. The Balaban J connectivity index is 1.63. The highest BCUT2D eigenvalue weighted by molar-refractivity contribution is 5.77. The van der Waals surface area contributed by atoms with Crippen molar-refractivity contribution in [1.82, 2.24) is 15.1 Å². The zero-order chi connectivity index (χ0) is 20.1. The predicted octanol–water partition coefficient (Wildman–Crippen LogP) is 2.85. The molecule has 1 amide bonds. The molecular weight excluding hydrogens is 354 g/mol. The molecule has 0 aliphatic carbocycles. The van der Waals surface area contributed by atoms with Crippen molar-refractivity contribution in [1.29, 1.82) is 0 Å². The summed E-state index contributed by atoms with van der Waals surface area (Å²) in [5.41, 5.74) is 4.75. The molecule has 0 atom stereocenters. The van der Waals surface area contributed by atoms with Crippen molar-refractivity contribution in [2.24, 2.45) is 0 Å². The molecule has 144 valence electrons. The van der Waals surface area contributed by atoms with Gasteiger partial charge in [0.05, 0.1) is 5.69 Å². The second kappa shape index (κ2) is 8.52. The Morgan fingerprint density at radius 2 is 1.86 bits per heavy atom. The maximum atomic E-state index is 12.2. The van der Waals surface area contributed by atoms with Gasteiger partial charge in [-0.25, -0.2) is 0 Å². The largest absolute Gasteiger partial charge is 0.467 e. The van der Waals surface area contributed by atoms with E-state index in [0.29, 0.717) is 12.2 Å². The summed E-state index contributed by atoms with van der Waals surface area (Å²) < 4.78 is 6.74. The van der Waals surface area contributed by atoms with E-state index in [4.69, 9.17) is 4.74 Å². The van der Waals surface area contributed by atoms with Gasteiger partial charge in [0, 0.05) is 18.7 Å². The van der Waals surface area contributed by atoms with E-state index in [-0.39, 0.29) is 24.0 Å². The van der Waals surface area contributed by atoms with Crippen molar-refractivity contribution in [2.75, 3.05) is 6.61 Å². The van der Waals surface area contributed by atoms with Crippen LogP contribution in [0, 0.1) is 20.8 Å². The van der Waals surface area contributed by atoms with Crippen LogP contribution in [0.5, 0.6) is 5.88 Å². The summed E-state index contributed by atoms with van der Waals surface area (Å²) in [7, 11) is 0. The number of rotatable bonds is 6. The van der Waals surface area contributed by atoms with Crippen molar-refractivity contribution in [3.63, 3.8) is 0 Å². The Morgan fingerprint density at radius 1 is 1.04 bits per heavy atom. The molecule has 0 aliphatic rings. The van der Waals surface area contributed by atoms with Gasteiger partial charge in [-0.1, -0.05) is 35.9 Å². The summed E-state index contributed by atoms with van der Waals surface area (Å²) >= 11 is 0. The van der Waals surface area contributed by atoms with Gasteiger partial charge in [-0.15, -0.1) is 5.10 Å². The van der Waals surface area contributed by atoms with Crippen LogP contribution < -0.4 is 15.6 Å². The lowest BCUT2D eigenvalue weighted by Gasteiger charge is -2.10. The first-order valence-corrected chi connectivity index (χ1v) is 9.05. The fraction of sp³-hybridized carbons (Fsp3) is 0.227.